The van der Waals surface area contributed by atoms with Gasteiger partial charge >= 0.3 is 5.63 Å². The Morgan fingerprint density at radius 1 is 1.15 bits per heavy atom. The smallest absolute Gasteiger partial charge is 0.336 e. The highest BCUT2D eigenvalue weighted by Gasteiger charge is 2.24. The molecule has 2 aromatic carbocycles. The molecule has 0 radical (unpaired) electrons. The summed E-state index contributed by atoms with van der Waals surface area (Å²) in [7, 11) is 0. The molecular formula is C20H17BrN2O3. The van der Waals surface area contributed by atoms with E-state index in [0.717, 1.165) is 34.0 Å². The molecule has 26 heavy (non-hydrogen) atoms. The maximum Gasteiger partial charge on any atom is 0.336 e. The van der Waals surface area contributed by atoms with E-state index in [2.05, 4.69) is 26.6 Å². The van der Waals surface area contributed by atoms with Crippen LogP contribution >= 0.6 is 15.9 Å². The van der Waals surface area contributed by atoms with Gasteiger partial charge in [0.05, 0.1) is 5.56 Å². The van der Waals surface area contributed by atoms with E-state index in [1.807, 2.05) is 30.3 Å². The Labute approximate surface area is 158 Å². The summed E-state index contributed by atoms with van der Waals surface area (Å²) < 4.78 is 6.12. The molecule has 0 atom stereocenters. The van der Waals surface area contributed by atoms with Gasteiger partial charge in [0.1, 0.15) is 5.58 Å². The zero-order valence-corrected chi connectivity index (χ0v) is 15.5. The lowest BCUT2D eigenvalue weighted by Gasteiger charge is -2.13. The molecule has 5 nitrogen and oxygen atoms in total. The molecule has 0 saturated heterocycles. The van der Waals surface area contributed by atoms with Gasteiger partial charge in [-0.1, -0.05) is 28.1 Å². The van der Waals surface area contributed by atoms with Crippen molar-refractivity contribution >= 4 is 38.5 Å². The number of carbonyl (C=O) groups excluding carboxylic acids is 1. The zero-order chi connectivity index (χ0) is 18.1. The van der Waals surface area contributed by atoms with Crippen molar-refractivity contribution in [1.82, 2.24) is 5.32 Å². The van der Waals surface area contributed by atoms with Crippen molar-refractivity contribution in [2.45, 2.75) is 25.4 Å². The van der Waals surface area contributed by atoms with Gasteiger partial charge < -0.3 is 15.1 Å². The number of hydrogen-bond donors (Lipinski definition) is 2. The van der Waals surface area contributed by atoms with Crippen LogP contribution in [0.4, 0.5) is 5.69 Å². The largest absolute Gasteiger partial charge is 0.423 e. The minimum atomic E-state index is -0.396. The molecule has 132 valence electrons. The Balaban J connectivity index is 1.61. The van der Waals surface area contributed by atoms with Gasteiger partial charge in [0.15, 0.2) is 0 Å². The first kappa shape index (κ1) is 16.8. The van der Waals surface area contributed by atoms with Crippen molar-refractivity contribution in [2.24, 2.45) is 0 Å². The van der Waals surface area contributed by atoms with Crippen LogP contribution in [-0.2, 0) is 6.54 Å². The highest BCUT2D eigenvalue weighted by molar-refractivity contribution is 9.10. The van der Waals surface area contributed by atoms with Crippen LogP contribution in [0.2, 0.25) is 0 Å². The molecule has 1 saturated carbocycles. The van der Waals surface area contributed by atoms with Gasteiger partial charge in [-0.15, -0.1) is 0 Å². The molecule has 1 heterocycles. The summed E-state index contributed by atoms with van der Waals surface area (Å²) >= 11 is 3.39. The number of fused-ring (bicyclic) bond motifs is 1. The number of nitrogens with one attached hydrogen (secondary N) is 2. The number of hydrogen-bond acceptors (Lipinski definition) is 4. The summed E-state index contributed by atoms with van der Waals surface area (Å²) in [5.74, 6) is -0.0723. The van der Waals surface area contributed by atoms with Gasteiger partial charge in [0, 0.05) is 34.2 Å². The lowest BCUT2D eigenvalue weighted by Crippen LogP contribution is -2.26. The molecule has 1 aliphatic rings. The molecule has 4 rings (SSSR count). The minimum absolute atomic E-state index is 0.0723. The van der Waals surface area contributed by atoms with Crippen LogP contribution in [0.1, 0.15) is 28.8 Å². The van der Waals surface area contributed by atoms with Gasteiger partial charge in [-0.05, 0) is 48.7 Å². The molecule has 1 fully saturated rings. The average Bonchev–Trinajstić information content (AvgIpc) is 3.43. The monoisotopic (exact) mass is 412 g/mol. The lowest BCUT2D eigenvalue weighted by molar-refractivity contribution is 0.0952. The van der Waals surface area contributed by atoms with Crippen LogP contribution in [0.3, 0.4) is 0 Å². The molecule has 0 spiro atoms. The summed E-state index contributed by atoms with van der Waals surface area (Å²) in [6, 6.07) is 14.8. The van der Waals surface area contributed by atoms with Crippen molar-refractivity contribution in [3.05, 3.63) is 74.6 Å². The first-order chi connectivity index (χ1) is 12.6. The number of anilines is 1. The second kappa shape index (κ2) is 6.96. The normalized spacial score (nSPS) is 13.6. The first-order valence-electron chi connectivity index (χ1n) is 8.46. The highest BCUT2D eigenvalue weighted by Crippen LogP contribution is 2.24. The second-order valence-electron chi connectivity index (χ2n) is 6.38. The van der Waals surface area contributed by atoms with Crippen LogP contribution in [0, 0.1) is 0 Å². The van der Waals surface area contributed by atoms with Crippen molar-refractivity contribution in [3.63, 3.8) is 0 Å². The Morgan fingerprint density at radius 3 is 2.77 bits per heavy atom. The number of halogens is 1. The lowest BCUT2D eigenvalue weighted by atomic mass is 10.1. The molecule has 3 aromatic rings. The van der Waals surface area contributed by atoms with Crippen LogP contribution in [0.15, 0.2) is 62.2 Å². The quantitative estimate of drug-likeness (QED) is 0.619. The van der Waals surface area contributed by atoms with E-state index in [0.29, 0.717) is 23.7 Å². The van der Waals surface area contributed by atoms with Crippen LogP contribution < -0.4 is 16.3 Å². The third-order valence-electron chi connectivity index (χ3n) is 4.35. The maximum absolute atomic E-state index is 12.4. The fourth-order valence-corrected chi connectivity index (χ4v) is 3.21. The number of amides is 1. The van der Waals surface area contributed by atoms with Gasteiger partial charge in [0.25, 0.3) is 5.91 Å². The van der Waals surface area contributed by atoms with E-state index >= 15 is 0 Å². The standard InChI is InChI=1S/C20H17BrN2O3/c21-13-5-8-15-12(9-19(24)26-18(15)10-13)11-22-17-4-2-1-3-16(17)20(25)23-14-6-7-14/h1-5,8-10,14,22H,6-7,11H2,(H,23,25). The van der Waals surface area contributed by atoms with E-state index in [1.54, 1.807) is 12.1 Å². The fraction of sp³-hybridized carbons (Fsp3) is 0.200. The topological polar surface area (TPSA) is 71.3 Å². The predicted molar refractivity (Wildman–Crippen MR) is 104 cm³/mol. The van der Waals surface area contributed by atoms with E-state index in [1.165, 1.54) is 6.07 Å². The summed E-state index contributed by atoms with van der Waals surface area (Å²) in [5, 5.41) is 7.15. The number of carbonyl (C=O) groups is 1. The number of benzene rings is 2. The molecule has 0 bridgehead atoms. The van der Waals surface area contributed by atoms with Gasteiger partial charge in [-0.3, -0.25) is 4.79 Å². The molecule has 1 aromatic heterocycles. The van der Waals surface area contributed by atoms with Crippen LogP contribution in [-0.4, -0.2) is 11.9 Å². The Morgan fingerprint density at radius 2 is 1.96 bits per heavy atom. The molecule has 6 heteroatoms. The third kappa shape index (κ3) is 3.65. The average molecular weight is 413 g/mol. The van der Waals surface area contributed by atoms with Crippen LogP contribution in [0.25, 0.3) is 11.0 Å². The molecule has 1 amide bonds. The fourth-order valence-electron chi connectivity index (χ4n) is 2.87. The van der Waals surface area contributed by atoms with Crippen molar-refractivity contribution in [1.29, 1.82) is 0 Å². The Hall–Kier alpha value is -2.60. The van der Waals surface area contributed by atoms with Crippen molar-refractivity contribution in [3.8, 4) is 0 Å². The van der Waals surface area contributed by atoms with E-state index in [-0.39, 0.29) is 5.91 Å². The molecule has 1 aliphatic carbocycles. The van der Waals surface area contributed by atoms with Gasteiger partial charge in [-0.25, -0.2) is 4.79 Å². The van der Waals surface area contributed by atoms with E-state index in [4.69, 9.17) is 4.42 Å². The summed E-state index contributed by atoms with van der Waals surface area (Å²) in [5.41, 5.74) is 2.30. The first-order valence-corrected chi connectivity index (χ1v) is 9.25. The summed E-state index contributed by atoms with van der Waals surface area (Å²) in [6.45, 7) is 0.414. The highest BCUT2D eigenvalue weighted by atomic mass is 79.9. The SMILES string of the molecule is O=C(NC1CC1)c1ccccc1NCc1cc(=O)oc2cc(Br)ccc12. The van der Waals surface area contributed by atoms with E-state index in [9.17, 15) is 9.59 Å². The van der Waals surface area contributed by atoms with Gasteiger partial charge in [-0.2, -0.15) is 0 Å². The number of rotatable bonds is 5. The van der Waals surface area contributed by atoms with Crippen molar-refractivity contribution < 1.29 is 9.21 Å². The predicted octanol–water partition coefficient (Wildman–Crippen LogP) is 4.06. The Kier molecular flexibility index (Phi) is 4.51. The van der Waals surface area contributed by atoms with E-state index < -0.39 is 5.63 Å². The zero-order valence-electron chi connectivity index (χ0n) is 13.9. The second-order valence-corrected chi connectivity index (χ2v) is 7.29. The van der Waals surface area contributed by atoms with Crippen LogP contribution in [0.5, 0.6) is 0 Å². The summed E-state index contributed by atoms with van der Waals surface area (Å²) in [6.07, 6.45) is 2.09. The third-order valence-corrected chi connectivity index (χ3v) is 4.84. The molecular weight excluding hydrogens is 396 g/mol. The number of para-hydroxylation sites is 1. The maximum atomic E-state index is 12.4. The molecule has 2 N–H and O–H groups in total. The summed E-state index contributed by atoms with van der Waals surface area (Å²) in [4.78, 5) is 24.3. The Bertz CT molecular complexity index is 1040. The van der Waals surface area contributed by atoms with Crippen molar-refractivity contribution in [2.75, 3.05) is 5.32 Å². The molecule has 0 unspecified atom stereocenters. The van der Waals surface area contributed by atoms with Gasteiger partial charge in [0.2, 0.25) is 0 Å². The molecule has 0 aliphatic heterocycles. The minimum Gasteiger partial charge on any atom is -0.423 e.